The molecule has 1 aliphatic rings. The maximum Gasteiger partial charge on any atom is 0.273 e. The molecule has 1 fully saturated rings. The van der Waals surface area contributed by atoms with Crippen LogP contribution in [-0.4, -0.2) is 22.0 Å². The molecule has 1 aromatic heterocycles. The molecule has 0 aliphatic heterocycles. The van der Waals surface area contributed by atoms with Crippen molar-refractivity contribution in [3.8, 4) is 0 Å². The third-order valence-corrected chi connectivity index (χ3v) is 4.90. The van der Waals surface area contributed by atoms with Crippen molar-refractivity contribution < 1.29 is 12.8 Å². The van der Waals surface area contributed by atoms with Gasteiger partial charge in [-0.15, -0.1) is 0 Å². The van der Waals surface area contributed by atoms with Gasteiger partial charge in [0.05, 0.1) is 6.54 Å². The fourth-order valence-electron chi connectivity index (χ4n) is 2.31. The van der Waals surface area contributed by atoms with Crippen molar-refractivity contribution in [2.75, 3.05) is 13.6 Å². The summed E-state index contributed by atoms with van der Waals surface area (Å²) in [6.07, 6.45) is 4.41. The molecular weight excluding hydrogens is 264 g/mol. The van der Waals surface area contributed by atoms with Gasteiger partial charge >= 0.3 is 0 Å². The fraction of sp³-hybridized carbons (Fsp3) is 0.692. The number of hydrogen-bond donors (Lipinski definition) is 2. The highest BCUT2D eigenvalue weighted by Gasteiger charge is 2.42. The van der Waals surface area contributed by atoms with Crippen LogP contribution in [0.4, 0.5) is 0 Å². The van der Waals surface area contributed by atoms with Gasteiger partial charge in [-0.05, 0) is 43.9 Å². The average molecular weight is 286 g/mol. The highest BCUT2D eigenvalue weighted by Crippen LogP contribution is 2.49. The van der Waals surface area contributed by atoms with E-state index in [1.54, 1.807) is 13.1 Å². The van der Waals surface area contributed by atoms with Crippen molar-refractivity contribution in [2.45, 2.75) is 44.2 Å². The molecule has 5 nitrogen and oxygen atoms in total. The lowest BCUT2D eigenvalue weighted by Gasteiger charge is -2.14. The highest BCUT2D eigenvalue weighted by atomic mass is 32.2. The molecule has 0 unspecified atom stereocenters. The Bertz CT molecular complexity index is 518. The molecule has 6 heteroatoms. The predicted octanol–water partition coefficient (Wildman–Crippen LogP) is 1.86. The van der Waals surface area contributed by atoms with Crippen LogP contribution in [0.1, 0.15) is 38.4 Å². The summed E-state index contributed by atoms with van der Waals surface area (Å²) in [5.41, 5.74) is 0.197. The van der Waals surface area contributed by atoms with Crippen molar-refractivity contribution in [3.05, 3.63) is 17.9 Å². The largest absolute Gasteiger partial charge is 0.447 e. The van der Waals surface area contributed by atoms with Gasteiger partial charge in [-0.3, -0.25) is 0 Å². The van der Waals surface area contributed by atoms with Gasteiger partial charge in [0, 0.05) is 6.54 Å². The van der Waals surface area contributed by atoms with Crippen LogP contribution >= 0.6 is 0 Å². The minimum atomic E-state index is -3.51. The van der Waals surface area contributed by atoms with E-state index in [2.05, 4.69) is 17.0 Å². The van der Waals surface area contributed by atoms with Crippen molar-refractivity contribution in [3.63, 3.8) is 0 Å². The standard InChI is InChI=1S/C13H22N2O3S/c1-3-6-13(7-8-13)10-15-19(16,17)12-5-4-11(18-12)9-14-2/h4-5,14-15H,3,6-10H2,1-2H3. The van der Waals surface area contributed by atoms with Crippen molar-refractivity contribution in [1.82, 2.24) is 10.0 Å². The average Bonchev–Trinajstić information content (AvgIpc) is 2.96. The fourth-order valence-corrected chi connectivity index (χ4v) is 3.42. The summed E-state index contributed by atoms with van der Waals surface area (Å²) in [5.74, 6) is 0.623. The summed E-state index contributed by atoms with van der Waals surface area (Å²) >= 11 is 0. The van der Waals surface area contributed by atoms with E-state index in [-0.39, 0.29) is 10.5 Å². The minimum absolute atomic E-state index is 0.00467. The van der Waals surface area contributed by atoms with Crippen molar-refractivity contribution >= 4 is 10.0 Å². The lowest BCUT2D eigenvalue weighted by molar-refractivity contribution is 0.398. The molecule has 0 bridgehead atoms. The van der Waals surface area contributed by atoms with Gasteiger partial charge in [-0.1, -0.05) is 13.3 Å². The normalized spacial score (nSPS) is 17.6. The van der Waals surface area contributed by atoms with Crippen LogP contribution in [0.5, 0.6) is 0 Å². The van der Waals surface area contributed by atoms with E-state index in [1.165, 1.54) is 6.07 Å². The molecule has 0 spiro atoms. The topological polar surface area (TPSA) is 71.3 Å². The van der Waals surface area contributed by atoms with E-state index in [1.807, 2.05) is 0 Å². The summed E-state index contributed by atoms with van der Waals surface area (Å²) in [4.78, 5) is 0. The van der Waals surface area contributed by atoms with Crippen LogP contribution in [0.2, 0.25) is 0 Å². The summed E-state index contributed by atoms with van der Waals surface area (Å²) in [5, 5.41) is 2.93. The number of hydrogen-bond acceptors (Lipinski definition) is 4. The predicted molar refractivity (Wildman–Crippen MR) is 73.2 cm³/mol. The van der Waals surface area contributed by atoms with Gasteiger partial charge in [0.25, 0.3) is 10.0 Å². The van der Waals surface area contributed by atoms with Crippen LogP contribution in [0.25, 0.3) is 0 Å². The van der Waals surface area contributed by atoms with Crippen LogP contribution < -0.4 is 10.0 Å². The van der Waals surface area contributed by atoms with Crippen molar-refractivity contribution in [2.24, 2.45) is 5.41 Å². The molecule has 1 saturated carbocycles. The second kappa shape index (κ2) is 5.64. The molecule has 1 aromatic rings. The van der Waals surface area contributed by atoms with Crippen LogP contribution in [0.15, 0.2) is 21.6 Å². The van der Waals surface area contributed by atoms with E-state index in [9.17, 15) is 8.42 Å². The SMILES string of the molecule is CCCC1(CNS(=O)(=O)c2ccc(CNC)o2)CC1. The maximum atomic E-state index is 12.1. The van der Waals surface area contributed by atoms with E-state index in [4.69, 9.17) is 4.42 Å². The van der Waals surface area contributed by atoms with Gasteiger partial charge in [-0.25, -0.2) is 13.1 Å². The molecule has 19 heavy (non-hydrogen) atoms. The first-order chi connectivity index (χ1) is 9.01. The molecule has 0 atom stereocenters. The molecule has 2 rings (SSSR count). The van der Waals surface area contributed by atoms with Gasteiger partial charge in [-0.2, -0.15) is 0 Å². The smallest absolute Gasteiger partial charge is 0.273 e. The zero-order chi connectivity index (χ0) is 13.9. The van der Waals surface area contributed by atoms with Crippen molar-refractivity contribution in [1.29, 1.82) is 0 Å². The first kappa shape index (κ1) is 14.6. The molecule has 1 heterocycles. The summed E-state index contributed by atoms with van der Waals surface area (Å²) in [6.45, 7) is 3.17. The van der Waals surface area contributed by atoms with Crippen LogP contribution in [-0.2, 0) is 16.6 Å². The minimum Gasteiger partial charge on any atom is -0.447 e. The highest BCUT2D eigenvalue weighted by molar-refractivity contribution is 7.89. The summed E-state index contributed by atoms with van der Waals surface area (Å²) in [6, 6.07) is 3.19. The third-order valence-electron chi connectivity index (χ3n) is 3.63. The third kappa shape index (κ3) is 3.58. The number of sulfonamides is 1. The Morgan fingerprint density at radius 1 is 1.37 bits per heavy atom. The quantitative estimate of drug-likeness (QED) is 0.765. The maximum absolute atomic E-state index is 12.1. The number of rotatable bonds is 8. The number of furan rings is 1. The van der Waals surface area contributed by atoms with Gasteiger partial charge in [0.15, 0.2) is 0 Å². The first-order valence-corrected chi connectivity index (χ1v) is 8.23. The van der Waals surface area contributed by atoms with Gasteiger partial charge < -0.3 is 9.73 Å². The summed E-state index contributed by atoms with van der Waals surface area (Å²) in [7, 11) is -1.73. The Morgan fingerprint density at radius 3 is 2.68 bits per heavy atom. The Kier molecular flexibility index (Phi) is 4.32. The van der Waals surface area contributed by atoms with E-state index < -0.39 is 10.0 Å². The lowest BCUT2D eigenvalue weighted by atomic mass is 10.0. The zero-order valence-electron chi connectivity index (χ0n) is 11.5. The molecule has 1 aliphatic carbocycles. The zero-order valence-corrected chi connectivity index (χ0v) is 12.3. The summed E-state index contributed by atoms with van der Waals surface area (Å²) < 4.78 is 32.2. The first-order valence-electron chi connectivity index (χ1n) is 6.74. The Balaban J connectivity index is 1.97. The van der Waals surface area contributed by atoms with E-state index >= 15 is 0 Å². The Hall–Kier alpha value is -0.850. The second-order valence-electron chi connectivity index (χ2n) is 5.33. The van der Waals surface area contributed by atoms with Gasteiger partial charge in [0.1, 0.15) is 5.76 Å². The van der Waals surface area contributed by atoms with Crippen LogP contribution in [0, 0.1) is 5.41 Å². The van der Waals surface area contributed by atoms with E-state index in [0.29, 0.717) is 18.8 Å². The molecule has 0 amide bonds. The second-order valence-corrected chi connectivity index (χ2v) is 7.02. The number of nitrogens with one attached hydrogen (secondary N) is 2. The monoisotopic (exact) mass is 286 g/mol. The van der Waals surface area contributed by atoms with Gasteiger partial charge in [0.2, 0.25) is 5.09 Å². The lowest BCUT2D eigenvalue weighted by Crippen LogP contribution is -2.30. The molecular formula is C13H22N2O3S. The Morgan fingerprint density at radius 2 is 2.11 bits per heavy atom. The Labute approximate surface area is 114 Å². The molecule has 0 radical (unpaired) electrons. The van der Waals surface area contributed by atoms with E-state index in [0.717, 1.165) is 25.7 Å². The van der Waals surface area contributed by atoms with Crippen LogP contribution in [0.3, 0.4) is 0 Å². The molecule has 0 saturated heterocycles. The molecule has 2 N–H and O–H groups in total. The molecule has 0 aromatic carbocycles. The molecule has 108 valence electrons.